The molecule has 4 aliphatic rings. The molecule has 0 aromatic carbocycles. The highest BCUT2D eigenvalue weighted by molar-refractivity contribution is 5.74. The first kappa shape index (κ1) is 13.9. The van der Waals surface area contributed by atoms with Gasteiger partial charge < -0.3 is 10.1 Å². The summed E-state index contributed by atoms with van der Waals surface area (Å²) in [4.78, 5) is 18.4. The maximum absolute atomic E-state index is 12.2. The molecule has 2 aliphatic carbocycles. The molecule has 1 saturated carbocycles. The molecule has 5 heteroatoms. The molecule has 2 fully saturated rings. The summed E-state index contributed by atoms with van der Waals surface area (Å²) in [6.07, 6.45) is 15.4. The lowest BCUT2D eigenvalue weighted by Gasteiger charge is -2.30. The minimum Gasteiger partial charge on any atom is -0.447 e. The molecule has 0 aromatic heterocycles. The molecule has 5 nitrogen and oxygen atoms in total. The molecule has 0 radical (unpaired) electrons. The standard InChI is InChI=1S/C17H23N3O2/c21-17-20(13-6-7-15-16(9-13)19-11-18-15)14(10-22-17)8-12-4-2-1-3-5-12/h6-7,9,11-12,14-16H,1-5,8,10H2,(H,18,19). The van der Waals surface area contributed by atoms with E-state index in [2.05, 4.69) is 22.5 Å². The maximum atomic E-state index is 12.2. The highest BCUT2D eigenvalue weighted by atomic mass is 16.6. The Labute approximate surface area is 131 Å². The molecule has 1 amide bonds. The number of fused-ring (bicyclic) bond motifs is 1. The molecule has 0 aromatic rings. The van der Waals surface area contributed by atoms with E-state index < -0.39 is 0 Å². The predicted octanol–water partition coefficient (Wildman–Crippen LogP) is 2.60. The molecular formula is C17H23N3O2. The summed E-state index contributed by atoms with van der Waals surface area (Å²) < 4.78 is 5.34. The van der Waals surface area contributed by atoms with Gasteiger partial charge in [-0.05, 0) is 24.5 Å². The number of carbonyl (C=O) groups excluding carboxylic acids is 1. The molecule has 3 atom stereocenters. The fourth-order valence-electron chi connectivity index (χ4n) is 4.08. The smallest absolute Gasteiger partial charge is 0.414 e. The normalized spacial score (nSPS) is 34.4. The van der Waals surface area contributed by atoms with E-state index in [0.29, 0.717) is 6.61 Å². The van der Waals surface area contributed by atoms with Crippen molar-refractivity contribution in [2.75, 3.05) is 6.61 Å². The van der Waals surface area contributed by atoms with Crippen LogP contribution in [0.1, 0.15) is 38.5 Å². The summed E-state index contributed by atoms with van der Waals surface area (Å²) in [7, 11) is 0. The van der Waals surface area contributed by atoms with Crippen LogP contribution in [0.4, 0.5) is 4.79 Å². The second-order valence-electron chi connectivity index (χ2n) is 6.75. The molecule has 0 spiro atoms. The fraction of sp³-hybridized carbons (Fsp3) is 0.647. The van der Waals surface area contributed by atoms with Gasteiger partial charge in [-0.15, -0.1) is 0 Å². The monoisotopic (exact) mass is 301 g/mol. The summed E-state index contributed by atoms with van der Waals surface area (Å²) in [5.74, 6) is 0.740. The van der Waals surface area contributed by atoms with Crippen molar-refractivity contribution in [2.24, 2.45) is 10.9 Å². The van der Waals surface area contributed by atoms with Crippen molar-refractivity contribution in [1.82, 2.24) is 10.2 Å². The van der Waals surface area contributed by atoms with Crippen LogP contribution < -0.4 is 5.32 Å². The number of rotatable bonds is 3. The average molecular weight is 301 g/mol. The van der Waals surface area contributed by atoms with E-state index in [9.17, 15) is 4.79 Å². The van der Waals surface area contributed by atoms with Gasteiger partial charge in [-0.2, -0.15) is 0 Å². The van der Waals surface area contributed by atoms with E-state index in [0.717, 1.165) is 18.0 Å². The SMILES string of the molecule is O=C1OCC(CC2CCCCC2)N1C1=CC2NC=NC2C=C1. The Bertz CT molecular complexity index is 534. The summed E-state index contributed by atoms with van der Waals surface area (Å²) in [5, 5.41) is 3.22. The lowest BCUT2D eigenvalue weighted by atomic mass is 9.84. The number of hydrogen-bond acceptors (Lipinski definition) is 4. The molecule has 118 valence electrons. The van der Waals surface area contributed by atoms with E-state index in [4.69, 9.17) is 4.74 Å². The van der Waals surface area contributed by atoms with Crippen LogP contribution in [0.15, 0.2) is 28.9 Å². The highest BCUT2D eigenvalue weighted by Crippen LogP contribution is 2.33. The van der Waals surface area contributed by atoms with Crippen LogP contribution in [0.3, 0.4) is 0 Å². The number of nitrogens with zero attached hydrogens (tertiary/aromatic N) is 2. The van der Waals surface area contributed by atoms with Crippen molar-refractivity contribution in [3.05, 3.63) is 23.9 Å². The lowest BCUT2D eigenvalue weighted by molar-refractivity contribution is 0.164. The molecule has 2 aliphatic heterocycles. The predicted molar refractivity (Wildman–Crippen MR) is 84.6 cm³/mol. The number of allylic oxidation sites excluding steroid dienone is 1. The number of ether oxygens (including phenoxy) is 1. The zero-order valence-electron chi connectivity index (χ0n) is 12.8. The summed E-state index contributed by atoms with van der Waals surface area (Å²) in [6.45, 7) is 0.526. The molecule has 0 bridgehead atoms. The van der Waals surface area contributed by atoms with Gasteiger partial charge in [0.05, 0.1) is 24.5 Å². The molecule has 3 unspecified atom stereocenters. The maximum Gasteiger partial charge on any atom is 0.414 e. The number of aliphatic imine (C=N–C) groups is 1. The molecule has 4 rings (SSSR count). The summed E-state index contributed by atoms with van der Waals surface area (Å²) in [5.41, 5.74) is 0.961. The first-order valence-corrected chi connectivity index (χ1v) is 8.45. The van der Waals surface area contributed by atoms with Crippen LogP contribution in [0.5, 0.6) is 0 Å². The zero-order valence-corrected chi connectivity index (χ0v) is 12.8. The van der Waals surface area contributed by atoms with E-state index in [1.165, 1.54) is 32.1 Å². The van der Waals surface area contributed by atoms with Crippen molar-refractivity contribution in [2.45, 2.75) is 56.7 Å². The molecule has 2 heterocycles. The van der Waals surface area contributed by atoms with Crippen LogP contribution in [0, 0.1) is 5.92 Å². The highest BCUT2D eigenvalue weighted by Gasteiger charge is 2.38. The van der Waals surface area contributed by atoms with E-state index in [-0.39, 0.29) is 24.2 Å². The minimum absolute atomic E-state index is 0.166. The van der Waals surface area contributed by atoms with Gasteiger partial charge in [0.2, 0.25) is 0 Å². The third-order valence-electron chi connectivity index (χ3n) is 5.27. The molecule has 22 heavy (non-hydrogen) atoms. The fourth-order valence-corrected chi connectivity index (χ4v) is 4.08. The first-order valence-electron chi connectivity index (χ1n) is 8.45. The van der Waals surface area contributed by atoms with Crippen LogP contribution in [0.2, 0.25) is 0 Å². The summed E-state index contributed by atoms with van der Waals surface area (Å²) >= 11 is 0. The molecular weight excluding hydrogens is 278 g/mol. The number of nitrogens with one attached hydrogen (secondary N) is 1. The minimum atomic E-state index is -0.200. The van der Waals surface area contributed by atoms with E-state index in [1.54, 1.807) is 6.34 Å². The zero-order chi connectivity index (χ0) is 14.9. The summed E-state index contributed by atoms with van der Waals surface area (Å²) in [6, 6.07) is 0.522. The van der Waals surface area contributed by atoms with Gasteiger partial charge in [0.15, 0.2) is 0 Å². The number of amides is 1. The Morgan fingerprint density at radius 1 is 1.32 bits per heavy atom. The van der Waals surface area contributed by atoms with Crippen molar-refractivity contribution >= 4 is 12.4 Å². The third-order valence-corrected chi connectivity index (χ3v) is 5.27. The van der Waals surface area contributed by atoms with Crippen LogP contribution >= 0.6 is 0 Å². The molecule has 1 saturated heterocycles. The quantitative estimate of drug-likeness (QED) is 0.872. The van der Waals surface area contributed by atoms with Crippen LogP contribution in [-0.2, 0) is 4.74 Å². The number of cyclic esters (lactones) is 1. The van der Waals surface area contributed by atoms with E-state index in [1.807, 2.05) is 11.0 Å². The third kappa shape index (κ3) is 2.53. The first-order chi connectivity index (χ1) is 10.8. The van der Waals surface area contributed by atoms with Gasteiger partial charge >= 0.3 is 6.09 Å². The van der Waals surface area contributed by atoms with E-state index >= 15 is 0 Å². The topological polar surface area (TPSA) is 53.9 Å². The van der Waals surface area contributed by atoms with Crippen LogP contribution in [0.25, 0.3) is 0 Å². The van der Waals surface area contributed by atoms with Crippen molar-refractivity contribution in [3.63, 3.8) is 0 Å². The molecule has 1 N–H and O–H groups in total. The lowest BCUT2D eigenvalue weighted by Crippen LogP contribution is -2.38. The second-order valence-corrected chi connectivity index (χ2v) is 6.75. The van der Waals surface area contributed by atoms with Gasteiger partial charge in [-0.3, -0.25) is 9.89 Å². The number of hydrogen-bond donors (Lipinski definition) is 1. The van der Waals surface area contributed by atoms with Crippen molar-refractivity contribution in [3.8, 4) is 0 Å². The van der Waals surface area contributed by atoms with Crippen LogP contribution in [-0.4, -0.2) is 42.1 Å². The van der Waals surface area contributed by atoms with Gasteiger partial charge in [0.25, 0.3) is 0 Å². The Morgan fingerprint density at radius 3 is 3.05 bits per heavy atom. The number of carbonyl (C=O) groups is 1. The van der Waals surface area contributed by atoms with Crippen molar-refractivity contribution < 1.29 is 9.53 Å². The van der Waals surface area contributed by atoms with Crippen molar-refractivity contribution in [1.29, 1.82) is 0 Å². The Kier molecular flexibility index (Phi) is 3.64. The Balaban J connectivity index is 1.48. The second kappa shape index (κ2) is 5.78. The van der Waals surface area contributed by atoms with Gasteiger partial charge in [0.1, 0.15) is 6.61 Å². The van der Waals surface area contributed by atoms with Gasteiger partial charge in [0, 0.05) is 5.70 Å². The van der Waals surface area contributed by atoms with Gasteiger partial charge in [-0.25, -0.2) is 4.79 Å². The Morgan fingerprint density at radius 2 is 2.18 bits per heavy atom. The Hall–Kier alpha value is -1.78. The van der Waals surface area contributed by atoms with Gasteiger partial charge in [-0.1, -0.05) is 38.2 Å². The average Bonchev–Trinajstić information content (AvgIpc) is 3.14. The largest absolute Gasteiger partial charge is 0.447 e.